The summed E-state index contributed by atoms with van der Waals surface area (Å²) in [5, 5.41) is 9.62. The molecule has 0 amide bonds. The number of aliphatic hydroxyl groups is 1. The predicted molar refractivity (Wildman–Crippen MR) is 84.3 cm³/mol. The van der Waals surface area contributed by atoms with E-state index in [9.17, 15) is 5.11 Å². The zero-order valence-electron chi connectivity index (χ0n) is 10.4. The second kappa shape index (κ2) is 6.57. The molecule has 2 aromatic carbocycles. The maximum Gasteiger partial charge on any atom is 0.0739 e. The highest BCUT2D eigenvalue weighted by molar-refractivity contribution is 9.10. The van der Waals surface area contributed by atoms with Crippen LogP contribution in [0.15, 0.2) is 64.0 Å². The van der Waals surface area contributed by atoms with E-state index in [1.165, 1.54) is 0 Å². The van der Waals surface area contributed by atoms with Crippen LogP contribution in [0, 0.1) is 0 Å². The minimum atomic E-state index is -0.709. The first-order valence-corrected chi connectivity index (χ1v) is 7.75. The van der Waals surface area contributed by atoms with E-state index < -0.39 is 5.54 Å². The fourth-order valence-corrected chi connectivity index (χ4v) is 3.01. The van der Waals surface area contributed by atoms with Crippen molar-refractivity contribution in [3.05, 3.63) is 64.6 Å². The minimum absolute atomic E-state index is 0.0689. The number of rotatable bonds is 5. The molecule has 3 N–H and O–H groups in total. The van der Waals surface area contributed by atoms with Crippen LogP contribution in [-0.4, -0.2) is 17.5 Å². The highest BCUT2D eigenvalue weighted by Gasteiger charge is 2.26. The maximum absolute atomic E-state index is 9.62. The lowest BCUT2D eigenvalue weighted by atomic mass is 9.94. The monoisotopic (exact) mass is 337 g/mol. The zero-order valence-corrected chi connectivity index (χ0v) is 12.8. The molecular weight excluding hydrogens is 322 g/mol. The van der Waals surface area contributed by atoms with Gasteiger partial charge in [0.1, 0.15) is 0 Å². The molecular formula is C15H16BrNOS. The second-order valence-electron chi connectivity index (χ2n) is 4.42. The van der Waals surface area contributed by atoms with Gasteiger partial charge >= 0.3 is 0 Å². The molecule has 2 aromatic rings. The van der Waals surface area contributed by atoms with Gasteiger partial charge in [-0.25, -0.2) is 0 Å². The third-order valence-corrected chi connectivity index (χ3v) is 4.73. The molecule has 1 unspecified atom stereocenters. The van der Waals surface area contributed by atoms with Gasteiger partial charge in [-0.2, -0.15) is 0 Å². The highest BCUT2D eigenvalue weighted by Crippen LogP contribution is 2.28. The third-order valence-electron chi connectivity index (χ3n) is 2.94. The quantitative estimate of drug-likeness (QED) is 0.822. The average Bonchev–Trinajstić information content (AvgIpc) is 2.47. The van der Waals surface area contributed by atoms with Crippen molar-refractivity contribution in [3.63, 3.8) is 0 Å². The van der Waals surface area contributed by atoms with Crippen molar-refractivity contribution in [1.82, 2.24) is 0 Å². The summed E-state index contributed by atoms with van der Waals surface area (Å²) in [6.45, 7) is -0.0689. The van der Waals surface area contributed by atoms with Crippen LogP contribution in [0.1, 0.15) is 5.56 Å². The Kier molecular flexibility index (Phi) is 5.05. The van der Waals surface area contributed by atoms with Gasteiger partial charge in [-0.15, -0.1) is 11.8 Å². The highest BCUT2D eigenvalue weighted by atomic mass is 79.9. The molecule has 0 aliphatic carbocycles. The lowest BCUT2D eigenvalue weighted by molar-refractivity contribution is 0.213. The molecule has 0 saturated carbocycles. The summed E-state index contributed by atoms with van der Waals surface area (Å²) in [6.07, 6.45) is 0. The number of hydrogen-bond donors (Lipinski definition) is 2. The molecule has 0 radical (unpaired) electrons. The summed E-state index contributed by atoms with van der Waals surface area (Å²) in [5.41, 5.74) is 6.57. The van der Waals surface area contributed by atoms with Crippen LogP contribution in [-0.2, 0) is 5.54 Å². The molecule has 1 atom stereocenters. The van der Waals surface area contributed by atoms with Gasteiger partial charge in [-0.05, 0) is 29.8 Å². The van der Waals surface area contributed by atoms with E-state index in [0.717, 1.165) is 14.9 Å². The summed E-state index contributed by atoms with van der Waals surface area (Å²) in [6, 6.07) is 17.8. The predicted octanol–water partition coefficient (Wildman–Crippen LogP) is 3.39. The first-order valence-electron chi connectivity index (χ1n) is 5.98. The molecule has 2 rings (SSSR count). The Morgan fingerprint density at radius 1 is 1.05 bits per heavy atom. The van der Waals surface area contributed by atoms with E-state index in [1.807, 2.05) is 54.6 Å². The fourth-order valence-electron chi connectivity index (χ4n) is 1.73. The van der Waals surface area contributed by atoms with E-state index in [4.69, 9.17) is 5.73 Å². The lowest BCUT2D eigenvalue weighted by Crippen LogP contribution is -2.43. The largest absolute Gasteiger partial charge is 0.394 e. The van der Waals surface area contributed by atoms with Crippen LogP contribution in [0.3, 0.4) is 0 Å². The van der Waals surface area contributed by atoms with Crippen molar-refractivity contribution < 1.29 is 5.11 Å². The molecule has 19 heavy (non-hydrogen) atoms. The Hall–Kier alpha value is -0.810. The number of thioether (sulfide) groups is 1. The normalized spacial score (nSPS) is 14.1. The van der Waals surface area contributed by atoms with E-state index >= 15 is 0 Å². The average molecular weight is 338 g/mol. The Morgan fingerprint density at radius 3 is 2.26 bits per heavy atom. The Bertz CT molecular complexity index is 517. The molecule has 100 valence electrons. The third kappa shape index (κ3) is 3.83. The van der Waals surface area contributed by atoms with Crippen molar-refractivity contribution >= 4 is 27.7 Å². The van der Waals surface area contributed by atoms with E-state index in [0.29, 0.717) is 5.75 Å². The number of aliphatic hydroxyl groups excluding tert-OH is 1. The van der Waals surface area contributed by atoms with Crippen molar-refractivity contribution in [1.29, 1.82) is 0 Å². The molecule has 0 fully saturated rings. The van der Waals surface area contributed by atoms with Crippen molar-refractivity contribution in [2.45, 2.75) is 10.4 Å². The van der Waals surface area contributed by atoms with Gasteiger partial charge in [-0.1, -0.05) is 46.3 Å². The Morgan fingerprint density at radius 2 is 1.68 bits per heavy atom. The molecule has 0 spiro atoms. The first kappa shape index (κ1) is 14.6. The van der Waals surface area contributed by atoms with Crippen LogP contribution in [0.5, 0.6) is 0 Å². The number of nitrogens with two attached hydrogens (primary N) is 1. The standard InChI is InChI=1S/C15H16BrNOS/c16-13-6-8-14(9-7-13)19-11-15(17,10-18)12-4-2-1-3-5-12/h1-9,18H,10-11,17H2. The summed E-state index contributed by atoms with van der Waals surface area (Å²) < 4.78 is 1.06. The maximum atomic E-state index is 9.62. The molecule has 0 aliphatic heterocycles. The van der Waals surface area contributed by atoms with E-state index in [-0.39, 0.29) is 6.61 Å². The van der Waals surface area contributed by atoms with Crippen LogP contribution in [0.25, 0.3) is 0 Å². The minimum Gasteiger partial charge on any atom is -0.394 e. The van der Waals surface area contributed by atoms with Crippen molar-refractivity contribution in [2.75, 3.05) is 12.4 Å². The zero-order chi connectivity index (χ0) is 13.7. The van der Waals surface area contributed by atoms with Gasteiger partial charge in [-0.3, -0.25) is 0 Å². The van der Waals surface area contributed by atoms with Crippen LogP contribution >= 0.6 is 27.7 Å². The summed E-state index contributed by atoms with van der Waals surface area (Å²) in [7, 11) is 0. The van der Waals surface area contributed by atoms with Gasteiger partial charge in [0.15, 0.2) is 0 Å². The van der Waals surface area contributed by atoms with Gasteiger partial charge in [0.05, 0.1) is 12.1 Å². The van der Waals surface area contributed by atoms with Crippen LogP contribution < -0.4 is 5.73 Å². The summed E-state index contributed by atoms with van der Waals surface area (Å²) >= 11 is 5.06. The van der Waals surface area contributed by atoms with Crippen molar-refractivity contribution in [3.8, 4) is 0 Å². The topological polar surface area (TPSA) is 46.2 Å². The summed E-state index contributed by atoms with van der Waals surface area (Å²) in [5.74, 6) is 0.634. The van der Waals surface area contributed by atoms with Gasteiger partial charge in [0.2, 0.25) is 0 Å². The molecule has 0 aliphatic rings. The smallest absolute Gasteiger partial charge is 0.0739 e. The van der Waals surface area contributed by atoms with Crippen molar-refractivity contribution in [2.24, 2.45) is 5.73 Å². The van der Waals surface area contributed by atoms with Crippen LogP contribution in [0.4, 0.5) is 0 Å². The Labute approximate surface area is 126 Å². The van der Waals surface area contributed by atoms with Gasteiger partial charge in [0.25, 0.3) is 0 Å². The molecule has 4 heteroatoms. The van der Waals surface area contributed by atoms with Gasteiger partial charge < -0.3 is 10.8 Å². The molecule has 0 bridgehead atoms. The number of hydrogen-bond acceptors (Lipinski definition) is 3. The van der Waals surface area contributed by atoms with Gasteiger partial charge in [0, 0.05) is 15.1 Å². The molecule has 0 heterocycles. The summed E-state index contributed by atoms with van der Waals surface area (Å²) in [4.78, 5) is 1.14. The lowest BCUT2D eigenvalue weighted by Gasteiger charge is -2.27. The SMILES string of the molecule is NC(CO)(CSc1ccc(Br)cc1)c1ccccc1. The molecule has 2 nitrogen and oxygen atoms in total. The van der Waals surface area contributed by atoms with Crippen LogP contribution in [0.2, 0.25) is 0 Å². The second-order valence-corrected chi connectivity index (χ2v) is 6.39. The number of halogens is 1. The molecule has 0 saturated heterocycles. The first-order chi connectivity index (χ1) is 9.14. The van der Waals surface area contributed by atoms with E-state index in [2.05, 4.69) is 15.9 Å². The molecule has 0 aromatic heterocycles. The van der Waals surface area contributed by atoms with E-state index in [1.54, 1.807) is 11.8 Å². The fraction of sp³-hybridized carbons (Fsp3) is 0.200. The Balaban J connectivity index is 2.09. The number of benzene rings is 2.